The van der Waals surface area contributed by atoms with Crippen LogP contribution in [0, 0.1) is 0 Å². The highest BCUT2D eigenvalue weighted by Crippen LogP contribution is 2.34. The van der Waals surface area contributed by atoms with Crippen LogP contribution in [0.25, 0.3) is 10.8 Å². The highest BCUT2D eigenvalue weighted by molar-refractivity contribution is 6.02. The summed E-state index contributed by atoms with van der Waals surface area (Å²) in [5.74, 6) is -1.05. The van der Waals surface area contributed by atoms with Gasteiger partial charge in [0, 0.05) is 5.39 Å². The quantitative estimate of drug-likeness (QED) is 0.831. The van der Waals surface area contributed by atoms with Crippen molar-refractivity contribution in [2.75, 3.05) is 0 Å². The molecule has 2 aromatic carbocycles. The second-order valence-corrected chi connectivity index (χ2v) is 4.37. The SMILES string of the molecule is CC(C)c1cc(C(=O)O)c(O)c2ccccc12. The van der Waals surface area contributed by atoms with Gasteiger partial charge in [0.15, 0.2) is 0 Å². The molecule has 0 heterocycles. The summed E-state index contributed by atoms with van der Waals surface area (Å²) in [6.07, 6.45) is 0. The van der Waals surface area contributed by atoms with Crippen LogP contribution in [0.4, 0.5) is 0 Å². The molecule has 0 amide bonds. The van der Waals surface area contributed by atoms with Gasteiger partial charge in [-0.3, -0.25) is 0 Å². The molecule has 0 aliphatic carbocycles. The molecule has 3 heteroatoms. The lowest BCUT2D eigenvalue weighted by molar-refractivity contribution is 0.0694. The third-order valence-electron chi connectivity index (χ3n) is 2.90. The first-order valence-corrected chi connectivity index (χ1v) is 5.50. The van der Waals surface area contributed by atoms with E-state index in [1.807, 2.05) is 26.0 Å². The highest BCUT2D eigenvalue weighted by atomic mass is 16.4. The van der Waals surface area contributed by atoms with E-state index in [9.17, 15) is 9.90 Å². The van der Waals surface area contributed by atoms with E-state index in [1.54, 1.807) is 18.2 Å². The Morgan fingerprint density at radius 1 is 1.18 bits per heavy atom. The fourth-order valence-electron chi connectivity index (χ4n) is 2.03. The van der Waals surface area contributed by atoms with E-state index in [4.69, 9.17) is 5.11 Å². The van der Waals surface area contributed by atoms with Crippen molar-refractivity contribution in [2.45, 2.75) is 19.8 Å². The second kappa shape index (κ2) is 4.09. The van der Waals surface area contributed by atoms with Crippen molar-refractivity contribution >= 4 is 16.7 Å². The molecular weight excluding hydrogens is 216 g/mol. The van der Waals surface area contributed by atoms with Crippen LogP contribution in [0.3, 0.4) is 0 Å². The fraction of sp³-hybridized carbons (Fsp3) is 0.214. The van der Waals surface area contributed by atoms with E-state index in [1.165, 1.54) is 0 Å². The Bertz CT molecular complexity index is 585. The number of aromatic hydroxyl groups is 1. The molecular formula is C14H14O3. The van der Waals surface area contributed by atoms with Gasteiger partial charge >= 0.3 is 5.97 Å². The average Bonchev–Trinajstić information content (AvgIpc) is 2.29. The van der Waals surface area contributed by atoms with Gasteiger partial charge < -0.3 is 10.2 Å². The first kappa shape index (κ1) is 11.5. The smallest absolute Gasteiger partial charge is 0.339 e. The highest BCUT2D eigenvalue weighted by Gasteiger charge is 2.17. The zero-order valence-electron chi connectivity index (χ0n) is 9.77. The van der Waals surface area contributed by atoms with E-state index in [2.05, 4.69) is 0 Å². The lowest BCUT2D eigenvalue weighted by Gasteiger charge is -2.13. The van der Waals surface area contributed by atoms with Crippen molar-refractivity contribution in [1.29, 1.82) is 0 Å². The molecule has 0 fully saturated rings. The van der Waals surface area contributed by atoms with E-state index in [0.717, 1.165) is 10.9 Å². The Morgan fingerprint density at radius 3 is 2.29 bits per heavy atom. The maximum absolute atomic E-state index is 11.1. The van der Waals surface area contributed by atoms with Crippen LogP contribution in [-0.4, -0.2) is 16.2 Å². The van der Waals surface area contributed by atoms with E-state index in [0.29, 0.717) is 5.39 Å². The molecule has 17 heavy (non-hydrogen) atoms. The number of fused-ring (bicyclic) bond motifs is 1. The van der Waals surface area contributed by atoms with Crippen LogP contribution >= 0.6 is 0 Å². The van der Waals surface area contributed by atoms with Crippen molar-refractivity contribution in [3.63, 3.8) is 0 Å². The Morgan fingerprint density at radius 2 is 1.76 bits per heavy atom. The number of carboxylic acid groups (broad SMARTS) is 1. The Kier molecular flexibility index (Phi) is 2.76. The minimum absolute atomic E-state index is 0.0348. The van der Waals surface area contributed by atoms with Gasteiger partial charge in [-0.25, -0.2) is 4.79 Å². The lowest BCUT2D eigenvalue weighted by atomic mass is 9.93. The molecule has 88 valence electrons. The van der Waals surface area contributed by atoms with Crippen molar-refractivity contribution in [3.8, 4) is 5.75 Å². The topological polar surface area (TPSA) is 57.5 Å². The molecule has 2 N–H and O–H groups in total. The summed E-state index contributed by atoms with van der Waals surface area (Å²) in [4.78, 5) is 11.1. The Balaban J connectivity index is 2.89. The lowest BCUT2D eigenvalue weighted by Crippen LogP contribution is -2.00. The first-order chi connectivity index (χ1) is 8.02. The number of hydrogen-bond donors (Lipinski definition) is 2. The number of phenols is 1. The van der Waals surface area contributed by atoms with Crippen LogP contribution < -0.4 is 0 Å². The van der Waals surface area contributed by atoms with Crippen LogP contribution in [-0.2, 0) is 0 Å². The minimum atomic E-state index is -1.10. The fourth-order valence-corrected chi connectivity index (χ4v) is 2.03. The van der Waals surface area contributed by atoms with Crippen LogP contribution in [0.5, 0.6) is 5.75 Å². The largest absolute Gasteiger partial charge is 0.506 e. The zero-order chi connectivity index (χ0) is 12.6. The van der Waals surface area contributed by atoms with Gasteiger partial charge in [0.25, 0.3) is 0 Å². The van der Waals surface area contributed by atoms with Crippen molar-refractivity contribution in [3.05, 3.63) is 41.5 Å². The number of carbonyl (C=O) groups is 1. The van der Waals surface area contributed by atoms with Crippen LogP contribution in [0.2, 0.25) is 0 Å². The summed E-state index contributed by atoms with van der Waals surface area (Å²) < 4.78 is 0. The second-order valence-electron chi connectivity index (χ2n) is 4.37. The molecule has 0 aliphatic rings. The molecule has 0 atom stereocenters. The molecule has 0 saturated heterocycles. The van der Waals surface area contributed by atoms with Crippen molar-refractivity contribution in [2.24, 2.45) is 0 Å². The molecule has 0 saturated carbocycles. The molecule has 0 unspecified atom stereocenters. The number of carboxylic acids is 1. The number of hydrogen-bond acceptors (Lipinski definition) is 2. The van der Waals surface area contributed by atoms with Gasteiger partial charge in [-0.05, 0) is 22.9 Å². The number of benzene rings is 2. The third-order valence-corrected chi connectivity index (χ3v) is 2.90. The minimum Gasteiger partial charge on any atom is -0.506 e. The Hall–Kier alpha value is -2.03. The van der Waals surface area contributed by atoms with Gasteiger partial charge in [-0.1, -0.05) is 38.1 Å². The standard InChI is InChI=1S/C14H14O3/c1-8(2)11-7-12(14(16)17)13(15)10-6-4-3-5-9(10)11/h3-8,15H,1-2H3,(H,16,17). The van der Waals surface area contributed by atoms with Gasteiger partial charge in [0.1, 0.15) is 11.3 Å². The summed E-state index contributed by atoms with van der Waals surface area (Å²) in [7, 11) is 0. The van der Waals surface area contributed by atoms with Crippen LogP contribution in [0.1, 0.15) is 35.7 Å². The number of aromatic carboxylic acids is 1. The molecule has 0 spiro atoms. The summed E-state index contributed by atoms with van der Waals surface area (Å²) in [6, 6.07) is 8.87. The Labute approximate surface area is 99.3 Å². The third kappa shape index (κ3) is 1.84. The summed E-state index contributed by atoms with van der Waals surface area (Å²) in [5, 5.41) is 20.5. The van der Waals surface area contributed by atoms with Crippen molar-refractivity contribution in [1.82, 2.24) is 0 Å². The van der Waals surface area contributed by atoms with Gasteiger partial charge in [0.2, 0.25) is 0 Å². The van der Waals surface area contributed by atoms with E-state index < -0.39 is 5.97 Å². The first-order valence-electron chi connectivity index (χ1n) is 5.50. The zero-order valence-corrected chi connectivity index (χ0v) is 9.77. The van der Waals surface area contributed by atoms with Gasteiger partial charge in [-0.15, -0.1) is 0 Å². The van der Waals surface area contributed by atoms with Gasteiger partial charge in [0.05, 0.1) is 0 Å². The predicted octanol–water partition coefficient (Wildman–Crippen LogP) is 3.37. The molecule has 0 aliphatic heterocycles. The van der Waals surface area contributed by atoms with E-state index >= 15 is 0 Å². The normalized spacial score (nSPS) is 11.0. The molecule has 3 nitrogen and oxygen atoms in total. The maximum Gasteiger partial charge on any atom is 0.339 e. The molecule has 2 rings (SSSR count). The summed E-state index contributed by atoms with van der Waals surface area (Å²) in [5.41, 5.74) is 0.906. The van der Waals surface area contributed by atoms with Crippen LogP contribution in [0.15, 0.2) is 30.3 Å². The summed E-state index contributed by atoms with van der Waals surface area (Å²) >= 11 is 0. The van der Waals surface area contributed by atoms with E-state index in [-0.39, 0.29) is 17.2 Å². The van der Waals surface area contributed by atoms with Crippen molar-refractivity contribution < 1.29 is 15.0 Å². The molecule has 0 aromatic heterocycles. The monoisotopic (exact) mass is 230 g/mol. The molecule has 0 radical (unpaired) electrons. The number of rotatable bonds is 2. The molecule has 0 bridgehead atoms. The summed E-state index contributed by atoms with van der Waals surface area (Å²) in [6.45, 7) is 4.01. The maximum atomic E-state index is 11.1. The van der Waals surface area contributed by atoms with Gasteiger partial charge in [-0.2, -0.15) is 0 Å². The average molecular weight is 230 g/mol. The predicted molar refractivity (Wildman–Crippen MR) is 66.7 cm³/mol. The molecule has 2 aromatic rings.